The van der Waals surface area contributed by atoms with E-state index in [9.17, 15) is 4.79 Å². The van der Waals surface area contributed by atoms with Crippen LogP contribution in [0.4, 0.5) is 5.69 Å². The first-order valence-corrected chi connectivity index (χ1v) is 7.83. The van der Waals surface area contributed by atoms with Crippen LogP contribution in [-0.4, -0.2) is 47.9 Å². The molecule has 5 nitrogen and oxygen atoms in total. The van der Waals surface area contributed by atoms with Gasteiger partial charge in [0.1, 0.15) is 6.54 Å². The normalized spacial score (nSPS) is 15.4. The van der Waals surface area contributed by atoms with Crippen molar-refractivity contribution in [2.75, 3.05) is 36.5 Å². The van der Waals surface area contributed by atoms with Crippen molar-refractivity contribution in [3.63, 3.8) is 0 Å². The van der Waals surface area contributed by atoms with Gasteiger partial charge < -0.3 is 16.0 Å². The summed E-state index contributed by atoms with van der Waals surface area (Å²) in [5, 5.41) is 2.76. The molecule has 110 valence electrons. The number of aliphatic imine (C=N–C) groups is 1. The second-order valence-electron chi connectivity index (χ2n) is 4.55. The number of carbonyl (C=O) groups is 1. The molecule has 2 rings (SSSR count). The molecule has 0 atom stereocenters. The predicted molar refractivity (Wildman–Crippen MR) is 88.4 cm³/mol. The van der Waals surface area contributed by atoms with Crippen molar-refractivity contribution in [2.45, 2.75) is 0 Å². The van der Waals surface area contributed by atoms with Crippen molar-refractivity contribution in [3.8, 4) is 12.3 Å². The number of nitrogens with two attached hydrogens (primary N) is 1. The average molecular weight is 302 g/mol. The number of nitrogens with one attached hydrogen (secondary N) is 1. The molecule has 0 radical (unpaired) electrons. The van der Waals surface area contributed by atoms with Gasteiger partial charge in [0.2, 0.25) is 5.91 Å². The Morgan fingerprint density at radius 3 is 2.95 bits per heavy atom. The average Bonchev–Trinajstić information content (AvgIpc) is 2.53. The van der Waals surface area contributed by atoms with Gasteiger partial charge in [-0.3, -0.25) is 4.79 Å². The first-order chi connectivity index (χ1) is 10.2. The third-order valence-electron chi connectivity index (χ3n) is 3.03. The molecule has 1 heterocycles. The standard InChI is InChI=1S/C15H18N4OS/c1-2-12-4-3-5-13(10-12)18-14(20)11-17-15(16)19-6-8-21-9-7-19/h1,3-5,10H,6-9,11H2,(H2,16,17)(H,18,20). The first-order valence-electron chi connectivity index (χ1n) is 6.68. The lowest BCUT2D eigenvalue weighted by molar-refractivity contribution is -0.114. The van der Waals surface area contributed by atoms with Gasteiger partial charge in [0.15, 0.2) is 5.96 Å². The number of anilines is 1. The summed E-state index contributed by atoms with van der Waals surface area (Å²) in [6.07, 6.45) is 5.32. The molecule has 1 amide bonds. The molecule has 0 aromatic heterocycles. The fraction of sp³-hybridized carbons (Fsp3) is 0.333. The monoisotopic (exact) mass is 302 g/mol. The first kappa shape index (κ1) is 15.3. The number of carbonyl (C=O) groups excluding carboxylic acids is 1. The number of hydrogen-bond donors (Lipinski definition) is 2. The van der Waals surface area contributed by atoms with Gasteiger partial charge in [0.25, 0.3) is 0 Å². The molecule has 21 heavy (non-hydrogen) atoms. The lowest BCUT2D eigenvalue weighted by atomic mass is 10.2. The topological polar surface area (TPSA) is 70.7 Å². The molecule has 1 aliphatic rings. The van der Waals surface area contributed by atoms with Crippen LogP contribution in [0.1, 0.15) is 5.56 Å². The van der Waals surface area contributed by atoms with E-state index in [-0.39, 0.29) is 12.5 Å². The van der Waals surface area contributed by atoms with Crippen molar-refractivity contribution in [3.05, 3.63) is 29.8 Å². The van der Waals surface area contributed by atoms with Crippen LogP contribution in [0.15, 0.2) is 29.3 Å². The Hall–Kier alpha value is -2.13. The number of nitrogens with zero attached hydrogens (tertiary/aromatic N) is 2. The van der Waals surface area contributed by atoms with E-state index >= 15 is 0 Å². The van der Waals surface area contributed by atoms with Crippen LogP contribution in [-0.2, 0) is 4.79 Å². The fourth-order valence-electron chi connectivity index (χ4n) is 1.93. The van der Waals surface area contributed by atoms with E-state index < -0.39 is 0 Å². The van der Waals surface area contributed by atoms with Crippen molar-refractivity contribution >= 4 is 29.3 Å². The minimum atomic E-state index is -0.210. The second kappa shape index (κ2) is 7.60. The number of benzene rings is 1. The van der Waals surface area contributed by atoms with Gasteiger partial charge in [-0.15, -0.1) is 6.42 Å². The number of hydrogen-bond acceptors (Lipinski definition) is 3. The largest absolute Gasteiger partial charge is 0.370 e. The summed E-state index contributed by atoms with van der Waals surface area (Å²) in [4.78, 5) is 18.0. The molecule has 0 spiro atoms. The number of guanidine groups is 1. The molecule has 1 fully saturated rings. The Kier molecular flexibility index (Phi) is 5.52. The molecule has 0 unspecified atom stereocenters. The highest BCUT2D eigenvalue weighted by Crippen LogP contribution is 2.10. The van der Waals surface area contributed by atoms with E-state index in [1.807, 2.05) is 16.7 Å². The smallest absolute Gasteiger partial charge is 0.246 e. The number of thioether (sulfide) groups is 1. The van der Waals surface area contributed by atoms with Crippen LogP contribution >= 0.6 is 11.8 Å². The van der Waals surface area contributed by atoms with E-state index in [4.69, 9.17) is 12.2 Å². The Bertz CT molecular complexity index is 573. The lowest BCUT2D eigenvalue weighted by Gasteiger charge is -2.27. The highest BCUT2D eigenvalue weighted by molar-refractivity contribution is 7.99. The van der Waals surface area contributed by atoms with Crippen molar-refractivity contribution in [1.82, 2.24) is 4.90 Å². The van der Waals surface area contributed by atoms with Gasteiger partial charge in [0.05, 0.1) is 0 Å². The number of terminal acetylenes is 1. The van der Waals surface area contributed by atoms with Crippen LogP contribution in [0.5, 0.6) is 0 Å². The summed E-state index contributed by atoms with van der Waals surface area (Å²) in [5.41, 5.74) is 7.28. The zero-order valence-electron chi connectivity index (χ0n) is 11.7. The maximum atomic E-state index is 11.9. The minimum absolute atomic E-state index is 0.00968. The third-order valence-corrected chi connectivity index (χ3v) is 3.98. The van der Waals surface area contributed by atoms with Gasteiger partial charge in [0, 0.05) is 35.8 Å². The molecule has 1 aromatic carbocycles. The van der Waals surface area contributed by atoms with Gasteiger partial charge in [-0.25, -0.2) is 4.99 Å². The summed E-state index contributed by atoms with van der Waals surface area (Å²) >= 11 is 1.90. The van der Waals surface area contributed by atoms with E-state index in [2.05, 4.69) is 16.2 Å². The Balaban J connectivity index is 1.87. The van der Waals surface area contributed by atoms with Gasteiger partial charge >= 0.3 is 0 Å². The molecule has 1 aliphatic heterocycles. The molecule has 6 heteroatoms. The quantitative estimate of drug-likeness (QED) is 0.496. The molecule has 1 aromatic rings. The van der Waals surface area contributed by atoms with E-state index in [0.29, 0.717) is 11.6 Å². The molecular formula is C15H18N4OS. The number of amides is 1. The zero-order valence-corrected chi connectivity index (χ0v) is 12.5. The van der Waals surface area contributed by atoms with Crippen molar-refractivity contribution < 1.29 is 4.79 Å². The van der Waals surface area contributed by atoms with E-state index in [1.54, 1.807) is 24.3 Å². The Morgan fingerprint density at radius 2 is 2.24 bits per heavy atom. The second-order valence-corrected chi connectivity index (χ2v) is 5.77. The van der Waals surface area contributed by atoms with Crippen LogP contribution in [0, 0.1) is 12.3 Å². The zero-order chi connectivity index (χ0) is 15.1. The SMILES string of the molecule is C#Cc1cccc(NC(=O)CN=C(N)N2CCSCC2)c1. The lowest BCUT2D eigenvalue weighted by Crippen LogP contribution is -2.43. The van der Waals surface area contributed by atoms with Crippen LogP contribution in [0.2, 0.25) is 0 Å². The molecule has 3 N–H and O–H groups in total. The molecular weight excluding hydrogens is 284 g/mol. The minimum Gasteiger partial charge on any atom is -0.370 e. The Morgan fingerprint density at radius 1 is 1.48 bits per heavy atom. The summed E-state index contributed by atoms with van der Waals surface area (Å²) in [6, 6.07) is 7.13. The summed E-state index contributed by atoms with van der Waals surface area (Å²) in [5.74, 6) is 4.84. The highest BCUT2D eigenvalue weighted by atomic mass is 32.2. The van der Waals surface area contributed by atoms with Crippen molar-refractivity contribution in [1.29, 1.82) is 0 Å². The Labute approximate surface area is 129 Å². The van der Waals surface area contributed by atoms with Crippen LogP contribution in [0.25, 0.3) is 0 Å². The summed E-state index contributed by atoms with van der Waals surface area (Å²) in [7, 11) is 0. The van der Waals surface area contributed by atoms with Gasteiger partial charge in [-0.05, 0) is 18.2 Å². The number of rotatable bonds is 3. The highest BCUT2D eigenvalue weighted by Gasteiger charge is 2.12. The summed E-state index contributed by atoms with van der Waals surface area (Å²) in [6.45, 7) is 1.77. The maximum Gasteiger partial charge on any atom is 0.246 e. The van der Waals surface area contributed by atoms with Crippen LogP contribution in [0.3, 0.4) is 0 Å². The molecule has 0 saturated carbocycles. The van der Waals surface area contributed by atoms with E-state index in [0.717, 1.165) is 30.2 Å². The van der Waals surface area contributed by atoms with Gasteiger partial charge in [-0.1, -0.05) is 12.0 Å². The van der Waals surface area contributed by atoms with Gasteiger partial charge in [-0.2, -0.15) is 11.8 Å². The molecule has 0 aliphatic carbocycles. The van der Waals surface area contributed by atoms with Crippen molar-refractivity contribution in [2.24, 2.45) is 10.7 Å². The summed E-state index contributed by atoms with van der Waals surface area (Å²) < 4.78 is 0. The fourth-order valence-corrected chi connectivity index (χ4v) is 2.84. The third kappa shape index (κ3) is 4.72. The maximum absolute atomic E-state index is 11.9. The molecule has 1 saturated heterocycles. The van der Waals surface area contributed by atoms with Crippen LogP contribution < -0.4 is 11.1 Å². The van der Waals surface area contributed by atoms with E-state index in [1.165, 1.54) is 0 Å². The predicted octanol–water partition coefficient (Wildman–Crippen LogP) is 0.970. The molecule has 0 bridgehead atoms.